The molecule has 2 aromatic rings. The third kappa shape index (κ3) is 2.49. The van der Waals surface area contributed by atoms with Crippen LogP contribution in [0.25, 0.3) is 11.3 Å². The third-order valence-corrected chi connectivity index (χ3v) is 5.28. The molecule has 5 rings (SSSR count). The van der Waals surface area contributed by atoms with Crippen LogP contribution in [0.2, 0.25) is 0 Å². The summed E-state index contributed by atoms with van der Waals surface area (Å²) in [6.45, 7) is 4.62. The van der Waals surface area contributed by atoms with Crippen molar-refractivity contribution in [2.24, 2.45) is 0 Å². The summed E-state index contributed by atoms with van der Waals surface area (Å²) in [6.07, 6.45) is 2.47. The van der Waals surface area contributed by atoms with E-state index in [1.165, 1.54) is 25.9 Å². The lowest BCUT2D eigenvalue weighted by Crippen LogP contribution is -2.38. The molecule has 21 heavy (non-hydrogen) atoms. The molecule has 3 saturated heterocycles. The topological polar surface area (TPSA) is 32.5 Å². The summed E-state index contributed by atoms with van der Waals surface area (Å²) < 4.78 is 6.63. The molecule has 4 nitrogen and oxygen atoms in total. The molecule has 3 aliphatic rings. The van der Waals surface area contributed by atoms with Crippen LogP contribution in [0.1, 0.15) is 12.8 Å². The van der Waals surface area contributed by atoms with E-state index in [1.807, 2.05) is 24.3 Å². The van der Waals surface area contributed by atoms with Crippen LogP contribution in [0.5, 0.6) is 0 Å². The Labute approximate surface area is 132 Å². The van der Waals surface area contributed by atoms with E-state index in [2.05, 4.69) is 37.0 Å². The van der Waals surface area contributed by atoms with Gasteiger partial charge in [-0.25, -0.2) is 0 Å². The second kappa shape index (κ2) is 5.46. The number of piperidine rings is 1. The fourth-order valence-corrected chi connectivity index (χ4v) is 3.86. The zero-order valence-corrected chi connectivity index (χ0v) is 13.4. The molecule has 2 bridgehead atoms. The van der Waals surface area contributed by atoms with Gasteiger partial charge in [-0.15, -0.1) is 0 Å². The van der Waals surface area contributed by atoms with E-state index in [0.717, 1.165) is 34.7 Å². The standard InChI is InChI=1S/C16H18BrN3O/c17-14-4-2-1-3-13(14)15-11-16(18-21-15)20-10-9-19-7-5-12(20)6-8-19/h1-4,11-12H,5-10H2. The van der Waals surface area contributed by atoms with Gasteiger partial charge in [0.15, 0.2) is 11.6 Å². The Morgan fingerprint density at radius 3 is 2.71 bits per heavy atom. The normalized spacial score (nSPS) is 25.1. The number of hydrogen-bond acceptors (Lipinski definition) is 4. The summed E-state index contributed by atoms with van der Waals surface area (Å²) in [7, 11) is 0. The van der Waals surface area contributed by atoms with Gasteiger partial charge in [0.2, 0.25) is 0 Å². The Hall–Kier alpha value is -1.33. The Morgan fingerprint density at radius 2 is 1.90 bits per heavy atom. The van der Waals surface area contributed by atoms with E-state index in [0.29, 0.717) is 6.04 Å². The molecule has 0 aliphatic carbocycles. The Bertz CT molecular complexity index is 634. The van der Waals surface area contributed by atoms with Crippen LogP contribution in [0.3, 0.4) is 0 Å². The van der Waals surface area contributed by atoms with Crippen LogP contribution in [-0.4, -0.2) is 42.3 Å². The van der Waals surface area contributed by atoms with E-state index in [1.54, 1.807) is 0 Å². The number of benzene rings is 1. The molecule has 1 aromatic heterocycles. The summed E-state index contributed by atoms with van der Waals surface area (Å²) in [5.41, 5.74) is 1.05. The highest BCUT2D eigenvalue weighted by molar-refractivity contribution is 9.10. The van der Waals surface area contributed by atoms with Crippen LogP contribution >= 0.6 is 15.9 Å². The highest BCUT2D eigenvalue weighted by Crippen LogP contribution is 2.32. The molecule has 0 saturated carbocycles. The second-order valence-electron chi connectivity index (χ2n) is 5.80. The number of rotatable bonds is 2. The summed E-state index contributed by atoms with van der Waals surface area (Å²) >= 11 is 3.57. The average Bonchev–Trinajstić information content (AvgIpc) is 2.80. The van der Waals surface area contributed by atoms with Crippen molar-refractivity contribution in [3.8, 4) is 11.3 Å². The molecule has 4 heterocycles. The molecule has 1 aromatic carbocycles. The van der Waals surface area contributed by atoms with Crippen LogP contribution < -0.4 is 4.90 Å². The first-order valence-corrected chi connectivity index (χ1v) is 8.31. The Balaban J connectivity index is 1.64. The van der Waals surface area contributed by atoms with Gasteiger partial charge in [0.05, 0.1) is 0 Å². The minimum absolute atomic E-state index is 0.612. The van der Waals surface area contributed by atoms with E-state index < -0.39 is 0 Å². The number of fused-ring (bicyclic) bond motifs is 4. The molecule has 0 N–H and O–H groups in total. The minimum atomic E-state index is 0.612. The number of anilines is 1. The van der Waals surface area contributed by atoms with Gasteiger partial charge in [0.25, 0.3) is 0 Å². The fraction of sp³-hybridized carbons (Fsp3) is 0.438. The summed E-state index contributed by atoms with van der Waals surface area (Å²) in [5.74, 6) is 1.81. The maximum atomic E-state index is 5.60. The van der Waals surface area contributed by atoms with Gasteiger partial charge in [-0.05, 0) is 25.0 Å². The number of hydrogen-bond donors (Lipinski definition) is 0. The van der Waals surface area contributed by atoms with E-state index >= 15 is 0 Å². The lowest BCUT2D eigenvalue weighted by Gasteiger charge is -2.30. The molecule has 0 radical (unpaired) electrons. The highest BCUT2D eigenvalue weighted by Gasteiger charge is 2.30. The van der Waals surface area contributed by atoms with Gasteiger partial charge in [0.1, 0.15) is 0 Å². The van der Waals surface area contributed by atoms with Crippen molar-refractivity contribution in [1.29, 1.82) is 0 Å². The molecule has 0 atom stereocenters. The van der Waals surface area contributed by atoms with Crippen molar-refractivity contribution in [3.05, 3.63) is 34.8 Å². The lowest BCUT2D eigenvalue weighted by molar-refractivity contribution is 0.250. The maximum Gasteiger partial charge on any atom is 0.172 e. The first kappa shape index (κ1) is 13.3. The van der Waals surface area contributed by atoms with Crippen LogP contribution in [-0.2, 0) is 0 Å². The first-order valence-electron chi connectivity index (χ1n) is 7.52. The predicted octanol–water partition coefficient (Wildman–Crippen LogP) is 3.39. The van der Waals surface area contributed by atoms with Crippen molar-refractivity contribution in [3.63, 3.8) is 0 Å². The van der Waals surface area contributed by atoms with Gasteiger partial charge in [-0.2, -0.15) is 0 Å². The van der Waals surface area contributed by atoms with Gasteiger partial charge < -0.3 is 14.3 Å². The minimum Gasteiger partial charge on any atom is -0.354 e. The summed E-state index contributed by atoms with van der Waals surface area (Å²) in [5, 5.41) is 4.33. The number of halogens is 1. The molecule has 0 unspecified atom stereocenters. The molecule has 5 heteroatoms. The quantitative estimate of drug-likeness (QED) is 0.833. The third-order valence-electron chi connectivity index (χ3n) is 4.59. The van der Waals surface area contributed by atoms with Crippen molar-refractivity contribution >= 4 is 21.7 Å². The van der Waals surface area contributed by atoms with Crippen LogP contribution in [0.15, 0.2) is 39.3 Å². The molecule has 3 aliphatic heterocycles. The summed E-state index contributed by atoms with van der Waals surface area (Å²) in [6, 6.07) is 10.8. The molecular weight excluding hydrogens is 330 g/mol. The van der Waals surface area contributed by atoms with Crippen molar-refractivity contribution < 1.29 is 4.52 Å². The molecule has 0 spiro atoms. The van der Waals surface area contributed by atoms with Gasteiger partial charge in [-0.3, -0.25) is 0 Å². The fourth-order valence-electron chi connectivity index (χ4n) is 3.38. The maximum absolute atomic E-state index is 5.60. The molecule has 110 valence electrons. The largest absolute Gasteiger partial charge is 0.354 e. The average molecular weight is 348 g/mol. The number of nitrogens with zero attached hydrogens (tertiary/aromatic N) is 3. The van der Waals surface area contributed by atoms with Gasteiger partial charge in [-0.1, -0.05) is 33.2 Å². The van der Waals surface area contributed by atoms with Crippen molar-refractivity contribution in [1.82, 2.24) is 10.1 Å². The van der Waals surface area contributed by atoms with E-state index in [9.17, 15) is 0 Å². The van der Waals surface area contributed by atoms with Crippen LogP contribution in [0.4, 0.5) is 5.82 Å². The Morgan fingerprint density at radius 1 is 1.10 bits per heavy atom. The van der Waals surface area contributed by atoms with Crippen LogP contribution in [0, 0.1) is 0 Å². The van der Waals surface area contributed by atoms with Crippen molar-refractivity contribution in [2.45, 2.75) is 18.9 Å². The zero-order valence-electron chi connectivity index (χ0n) is 11.8. The second-order valence-corrected chi connectivity index (χ2v) is 6.65. The molecular formula is C16H18BrN3O. The van der Waals surface area contributed by atoms with Gasteiger partial charge >= 0.3 is 0 Å². The SMILES string of the molecule is Brc1ccccc1-c1cc(N2CCN3CCC2CC3)no1. The van der Waals surface area contributed by atoms with E-state index in [-0.39, 0.29) is 0 Å². The lowest BCUT2D eigenvalue weighted by atomic mass is 10.1. The van der Waals surface area contributed by atoms with E-state index in [4.69, 9.17) is 4.52 Å². The highest BCUT2D eigenvalue weighted by atomic mass is 79.9. The molecule has 3 fully saturated rings. The summed E-state index contributed by atoms with van der Waals surface area (Å²) in [4.78, 5) is 4.97. The predicted molar refractivity (Wildman–Crippen MR) is 86.4 cm³/mol. The Kier molecular flexibility index (Phi) is 3.47. The molecule has 0 amide bonds. The van der Waals surface area contributed by atoms with Crippen molar-refractivity contribution in [2.75, 3.05) is 31.1 Å². The monoisotopic (exact) mass is 347 g/mol. The number of aromatic nitrogens is 1. The van der Waals surface area contributed by atoms with Gasteiger partial charge in [0, 0.05) is 48.3 Å². The smallest absolute Gasteiger partial charge is 0.172 e. The zero-order chi connectivity index (χ0) is 14.2. The first-order chi connectivity index (χ1) is 10.3.